The monoisotopic (exact) mass is 510 g/mol. The minimum Gasteiger partial charge on any atom is -0.423 e. The number of rotatable bonds is 16. The Morgan fingerprint density at radius 2 is 1.49 bits per heavy atom. The summed E-state index contributed by atoms with van der Waals surface area (Å²) in [5.41, 5.74) is 1.70. The summed E-state index contributed by atoms with van der Waals surface area (Å²) in [7, 11) is 0. The van der Waals surface area contributed by atoms with E-state index in [0.29, 0.717) is 11.4 Å². The molecule has 4 nitrogen and oxygen atoms in total. The molecule has 0 saturated heterocycles. The van der Waals surface area contributed by atoms with E-state index in [-0.39, 0.29) is 17.6 Å². The molecule has 0 unspecified atom stereocenters. The Morgan fingerprint density at radius 1 is 0.865 bits per heavy atom. The zero-order valence-corrected chi connectivity index (χ0v) is 23.2. The molecule has 1 heterocycles. The van der Waals surface area contributed by atoms with Crippen molar-refractivity contribution in [1.82, 2.24) is 9.97 Å². The standard InChI is InChI=1S/C32H47FN2O2/c1-3-5-7-8-9-10-11-13-15-26-23-34-31(35-24-26)28-20-21-30(29(33)22-28)37-32(36)27-18-16-25(17-19-27)14-12-6-4-2/h20-25,27H,3-19H2,1-2H3/t25-,27-. The molecule has 1 aromatic heterocycles. The molecule has 37 heavy (non-hydrogen) atoms. The van der Waals surface area contributed by atoms with Crippen molar-refractivity contribution in [3.63, 3.8) is 0 Å². The molecule has 0 spiro atoms. The molecule has 0 aliphatic heterocycles. The van der Waals surface area contributed by atoms with Gasteiger partial charge in [0.1, 0.15) is 0 Å². The topological polar surface area (TPSA) is 52.1 Å². The molecule has 1 fully saturated rings. The van der Waals surface area contributed by atoms with Crippen LogP contribution in [0, 0.1) is 17.7 Å². The van der Waals surface area contributed by atoms with Crippen LogP contribution in [0.25, 0.3) is 11.4 Å². The van der Waals surface area contributed by atoms with Gasteiger partial charge >= 0.3 is 5.97 Å². The Kier molecular flexibility index (Phi) is 13.1. The lowest BCUT2D eigenvalue weighted by Gasteiger charge is -2.27. The van der Waals surface area contributed by atoms with E-state index in [1.807, 2.05) is 12.4 Å². The maximum Gasteiger partial charge on any atom is 0.314 e. The first kappa shape index (κ1) is 29.3. The molecule has 5 heteroatoms. The maximum absolute atomic E-state index is 14.8. The van der Waals surface area contributed by atoms with E-state index in [0.717, 1.165) is 50.0 Å². The third-order valence-electron chi connectivity index (χ3n) is 7.82. The van der Waals surface area contributed by atoms with Gasteiger partial charge in [-0.3, -0.25) is 4.79 Å². The van der Waals surface area contributed by atoms with Crippen molar-refractivity contribution < 1.29 is 13.9 Å². The average Bonchev–Trinajstić information content (AvgIpc) is 2.92. The number of halogens is 1. The molecule has 0 atom stereocenters. The fraction of sp³-hybridized carbons (Fsp3) is 0.656. The number of aromatic nitrogens is 2. The molecule has 1 aliphatic rings. The Morgan fingerprint density at radius 3 is 2.14 bits per heavy atom. The molecule has 3 rings (SSSR count). The third kappa shape index (κ3) is 10.2. The fourth-order valence-electron chi connectivity index (χ4n) is 5.38. The van der Waals surface area contributed by atoms with Crippen LogP contribution in [0.15, 0.2) is 30.6 Å². The smallest absolute Gasteiger partial charge is 0.314 e. The number of hydrogen-bond donors (Lipinski definition) is 0. The van der Waals surface area contributed by atoms with E-state index < -0.39 is 5.82 Å². The maximum atomic E-state index is 14.8. The average molecular weight is 511 g/mol. The summed E-state index contributed by atoms with van der Waals surface area (Å²) in [6.07, 6.45) is 23.9. The molecule has 204 valence electrons. The first-order valence-corrected chi connectivity index (χ1v) is 14.9. The first-order chi connectivity index (χ1) is 18.1. The van der Waals surface area contributed by atoms with Crippen LogP contribution in [-0.2, 0) is 11.2 Å². The highest BCUT2D eigenvalue weighted by atomic mass is 19.1. The minimum atomic E-state index is -0.550. The molecular formula is C32H47FN2O2. The molecule has 0 N–H and O–H groups in total. The quantitative estimate of drug-likeness (QED) is 0.128. The first-order valence-electron chi connectivity index (χ1n) is 14.9. The van der Waals surface area contributed by atoms with Crippen LogP contribution in [0.4, 0.5) is 4.39 Å². The van der Waals surface area contributed by atoms with Gasteiger partial charge in [-0.05, 0) is 68.2 Å². The molecule has 1 saturated carbocycles. The van der Waals surface area contributed by atoms with Crippen LogP contribution in [0.1, 0.15) is 122 Å². The third-order valence-corrected chi connectivity index (χ3v) is 7.82. The molecular weight excluding hydrogens is 463 g/mol. The second kappa shape index (κ2) is 16.5. The highest BCUT2D eigenvalue weighted by molar-refractivity contribution is 5.75. The number of ether oxygens (including phenoxy) is 1. The number of benzene rings is 1. The van der Waals surface area contributed by atoms with E-state index in [9.17, 15) is 9.18 Å². The van der Waals surface area contributed by atoms with E-state index in [1.165, 1.54) is 82.8 Å². The Hall–Kier alpha value is -2.30. The summed E-state index contributed by atoms with van der Waals surface area (Å²) in [6.45, 7) is 4.47. The van der Waals surface area contributed by atoms with Crippen LogP contribution in [-0.4, -0.2) is 15.9 Å². The summed E-state index contributed by atoms with van der Waals surface area (Å²) in [4.78, 5) is 21.6. The van der Waals surface area contributed by atoms with Gasteiger partial charge in [-0.1, -0.05) is 84.5 Å². The van der Waals surface area contributed by atoms with E-state index >= 15 is 0 Å². The van der Waals surface area contributed by atoms with Gasteiger partial charge in [0, 0.05) is 18.0 Å². The van der Waals surface area contributed by atoms with Crippen LogP contribution in [0.2, 0.25) is 0 Å². The van der Waals surface area contributed by atoms with Crippen molar-refractivity contribution in [3.05, 3.63) is 42.0 Å². The zero-order chi connectivity index (χ0) is 26.3. The van der Waals surface area contributed by atoms with E-state index in [2.05, 4.69) is 23.8 Å². The summed E-state index contributed by atoms with van der Waals surface area (Å²) in [6, 6.07) is 4.61. The molecule has 1 aromatic carbocycles. The van der Waals surface area contributed by atoms with Gasteiger partial charge in [-0.15, -0.1) is 0 Å². The van der Waals surface area contributed by atoms with Crippen molar-refractivity contribution in [2.24, 2.45) is 11.8 Å². The van der Waals surface area contributed by atoms with Crippen LogP contribution >= 0.6 is 0 Å². The summed E-state index contributed by atoms with van der Waals surface area (Å²) >= 11 is 0. The fourth-order valence-corrected chi connectivity index (χ4v) is 5.38. The molecule has 2 aromatic rings. The predicted molar refractivity (Wildman–Crippen MR) is 149 cm³/mol. The number of hydrogen-bond acceptors (Lipinski definition) is 4. The van der Waals surface area contributed by atoms with Gasteiger partial charge in [0.25, 0.3) is 0 Å². The number of unbranched alkanes of at least 4 members (excludes halogenated alkanes) is 9. The lowest BCUT2D eigenvalue weighted by atomic mass is 9.80. The van der Waals surface area contributed by atoms with Gasteiger partial charge in [-0.25, -0.2) is 14.4 Å². The molecule has 0 bridgehead atoms. The van der Waals surface area contributed by atoms with Gasteiger partial charge < -0.3 is 4.74 Å². The lowest BCUT2D eigenvalue weighted by molar-refractivity contribution is -0.140. The molecule has 0 radical (unpaired) electrons. The summed E-state index contributed by atoms with van der Waals surface area (Å²) in [5.74, 6) is 0.214. The molecule has 1 aliphatic carbocycles. The number of carbonyl (C=O) groups is 1. The number of aryl methyl sites for hydroxylation is 1. The Labute approximate surface area is 223 Å². The minimum absolute atomic E-state index is 0.00914. The highest BCUT2D eigenvalue weighted by Gasteiger charge is 2.28. The van der Waals surface area contributed by atoms with Gasteiger partial charge in [0.2, 0.25) is 0 Å². The van der Waals surface area contributed by atoms with Crippen molar-refractivity contribution in [2.45, 2.75) is 123 Å². The summed E-state index contributed by atoms with van der Waals surface area (Å²) < 4.78 is 20.2. The van der Waals surface area contributed by atoms with Gasteiger partial charge in [0.15, 0.2) is 17.4 Å². The Bertz CT molecular complexity index is 923. The van der Waals surface area contributed by atoms with E-state index in [1.54, 1.807) is 6.07 Å². The van der Waals surface area contributed by atoms with E-state index in [4.69, 9.17) is 4.74 Å². The molecule has 0 amide bonds. The van der Waals surface area contributed by atoms with Gasteiger partial charge in [0.05, 0.1) is 5.92 Å². The largest absolute Gasteiger partial charge is 0.423 e. The van der Waals surface area contributed by atoms with Crippen LogP contribution < -0.4 is 4.74 Å². The van der Waals surface area contributed by atoms with Crippen LogP contribution in [0.5, 0.6) is 5.75 Å². The van der Waals surface area contributed by atoms with Crippen molar-refractivity contribution >= 4 is 5.97 Å². The lowest BCUT2D eigenvalue weighted by Crippen LogP contribution is -2.26. The highest BCUT2D eigenvalue weighted by Crippen LogP contribution is 2.33. The normalized spacial score (nSPS) is 17.6. The van der Waals surface area contributed by atoms with Crippen molar-refractivity contribution in [2.75, 3.05) is 0 Å². The van der Waals surface area contributed by atoms with Crippen molar-refractivity contribution in [1.29, 1.82) is 0 Å². The number of nitrogens with zero attached hydrogens (tertiary/aromatic N) is 2. The van der Waals surface area contributed by atoms with Crippen molar-refractivity contribution in [3.8, 4) is 17.1 Å². The predicted octanol–water partition coefficient (Wildman–Crippen LogP) is 9.26. The number of esters is 1. The SMILES string of the molecule is CCCCCCCCCCc1cnc(-c2ccc(OC(=O)[C@H]3CC[C@H](CCCCC)CC3)c(F)c2)nc1. The Balaban J connectivity index is 1.42. The van der Waals surface area contributed by atoms with Gasteiger partial charge in [-0.2, -0.15) is 0 Å². The second-order valence-electron chi connectivity index (χ2n) is 10.9. The summed E-state index contributed by atoms with van der Waals surface area (Å²) in [5, 5.41) is 0. The second-order valence-corrected chi connectivity index (χ2v) is 10.9. The number of carbonyl (C=O) groups excluding carboxylic acids is 1. The zero-order valence-electron chi connectivity index (χ0n) is 23.2. The van der Waals surface area contributed by atoms with Crippen LogP contribution in [0.3, 0.4) is 0 Å².